The zero-order valence-electron chi connectivity index (χ0n) is 10.5. The summed E-state index contributed by atoms with van der Waals surface area (Å²) in [7, 11) is -3.55. The molecule has 3 aromatic rings. The molecule has 2 N–H and O–H groups in total. The summed E-state index contributed by atoms with van der Waals surface area (Å²) in [6.45, 7) is 1.79. The predicted octanol–water partition coefficient (Wildman–Crippen LogP) is 4.10. The van der Waals surface area contributed by atoms with Gasteiger partial charge in [-0.15, -0.1) is 11.3 Å². The minimum atomic E-state index is -3.55. The Kier molecular flexibility index (Phi) is 3.35. The number of aromatic nitrogens is 1. The van der Waals surface area contributed by atoms with Gasteiger partial charge in [-0.25, -0.2) is 8.42 Å². The lowest BCUT2D eigenvalue weighted by molar-refractivity contribution is 0.601. The Balaban J connectivity index is 1.98. The van der Waals surface area contributed by atoms with Crippen LogP contribution in [0.25, 0.3) is 10.9 Å². The average molecular weight is 371 g/mol. The summed E-state index contributed by atoms with van der Waals surface area (Å²) >= 11 is 4.71. The van der Waals surface area contributed by atoms with Gasteiger partial charge in [0.2, 0.25) is 0 Å². The van der Waals surface area contributed by atoms with E-state index >= 15 is 0 Å². The van der Waals surface area contributed by atoms with E-state index in [1.807, 2.05) is 18.3 Å². The van der Waals surface area contributed by atoms with E-state index in [4.69, 9.17) is 0 Å². The molecular formula is C13H11BrN2O2S2. The van der Waals surface area contributed by atoms with Crippen molar-refractivity contribution in [2.75, 3.05) is 4.72 Å². The van der Waals surface area contributed by atoms with E-state index in [0.29, 0.717) is 10.6 Å². The van der Waals surface area contributed by atoms with Crippen LogP contribution in [0.3, 0.4) is 0 Å². The summed E-state index contributed by atoms with van der Waals surface area (Å²) in [6.07, 6.45) is 1.82. The molecule has 0 saturated heterocycles. The largest absolute Gasteiger partial charge is 0.361 e. The molecule has 20 heavy (non-hydrogen) atoms. The van der Waals surface area contributed by atoms with Crippen molar-refractivity contribution in [3.05, 3.63) is 45.2 Å². The molecule has 0 radical (unpaired) electrons. The maximum atomic E-state index is 12.4. The fraction of sp³-hybridized carbons (Fsp3) is 0.0769. The molecule has 0 spiro atoms. The summed E-state index contributed by atoms with van der Waals surface area (Å²) < 4.78 is 28.2. The van der Waals surface area contributed by atoms with Crippen LogP contribution >= 0.6 is 27.3 Å². The Bertz CT molecular complexity index is 881. The van der Waals surface area contributed by atoms with Crippen LogP contribution in [0.4, 0.5) is 5.69 Å². The second kappa shape index (κ2) is 4.91. The number of aryl methyl sites for hydroxylation is 1. The first-order valence-corrected chi connectivity index (χ1v) is 8.91. The smallest absolute Gasteiger partial charge is 0.263 e. The van der Waals surface area contributed by atoms with Gasteiger partial charge < -0.3 is 4.98 Å². The summed E-state index contributed by atoms with van der Waals surface area (Å²) in [4.78, 5) is 4.14. The summed E-state index contributed by atoms with van der Waals surface area (Å²) in [5.74, 6) is 0. The van der Waals surface area contributed by atoms with Crippen LogP contribution in [0, 0.1) is 6.92 Å². The molecule has 4 nitrogen and oxygen atoms in total. The van der Waals surface area contributed by atoms with Crippen molar-refractivity contribution in [2.24, 2.45) is 0 Å². The van der Waals surface area contributed by atoms with Gasteiger partial charge in [-0.1, -0.05) is 0 Å². The molecule has 2 heterocycles. The number of anilines is 1. The summed E-state index contributed by atoms with van der Waals surface area (Å²) in [6, 6.07) is 8.92. The minimum absolute atomic E-state index is 0.309. The Hall–Kier alpha value is -1.31. The molecule has 0 bridgehead atoms. The maximum Gasteiger partial charge on any atom is 0.263 e. The van der Waals surface area contributed by atoms with Gasteiger partial charge in [0, 0.05) is 27.7 Å². The van der Waals surface area contributed by atoms with Crippen molar-refractivity contribution in [3.63, 3.8) is 0 Å². The number of sulfonamides is 1. The van der Waals surface area contributed by atoms with Crippen molar-refractivity contribution in [2.45, 2.75) is 11.8 Å². The van der Waals surface area contributed by atoms with Crippen molar-refractivity contribution >= 4 is 53.9 Å². The van der Waals surface area contributed by atoms with Crippen LogP contribution in [0.2, 0.25) is 0 Å². The lowest BCUT2D eigenvalue weighted by Crippen LogP contribution is -2.12. The predicted molar refractivity (Wildman–Crippen MR) is 85.9 cm³/mol. The topological polar surface area (TPSA) is 62.0 Å². The van der Waals surface area contributed by atoms with Crippen molar-refractivity contribution in [3.8, 4) is 0 Å². The molecule has 0 aliphatic carbocycles. The molecular weight excluding hydrogens is 360 g/mol. The normalized spacial score (nSPS) is 11.9. The molecule has 104 valence electrons. The van der Waals surface area contributed by atoms with E-state index in [1.165, 1.54) is 11.3 Å². The molecule has 0 atom stereocenters. The molecule has 0 aliphatic heterocycles. The molecule has 0 aliphatic rings. The highest BCUT2D eigenvalue weighted by molar-refractivity contribution is 9.11. The number of aromatic amines is 1. The van der Waals surface area contributed by atoms with E-state index in [1.54, 1.807) is 25.1 Å². The quantitative estimate of drug-likeness (QED) is 0.728. The molecule has 0 saturated carbocycles. The van der Waals surface area contributed by atoms with Crippen LogP contribution in [-0.2, 0) is 10.0 Å². The third kappa shape index (κ3) is 2.48. The third-order valence-corrected chi connectivity index (χ3v) is 6.13. The number of hydrogen-bond donors (Lipinski definition) is 2. The molecule has 7 heteroatoms. The van der Waals surface area contributed by atoms with Crippen LogP contribution < -0.4 is 4.72 Å². The average Bonchev–Trinajstić information content (AvgIpc) is 2.94. The number of halogens is 1. The Labute approximate surface area is 129 Å². The van der Waals surface area contributed by atoms with Crippen LogP contribution in [0.5, 0.6) is 0 Å². The second-order valence-corrected chi connectivity index (χ2v) is 8.64. The number of nitrogens with one attached hydrogen (secondary N) is 2. The number of thiophene rings is 1. The van der Waals surface area contributed by atoms with Crippen LogP contribution in [0.15, 0.2) is 45.2 Å². The molecule has 1 aromatic carbocycles. The van der Waals surface area contributed by atoms with Gasteiger partial charge in [0.25, 0.3) is 10.0 Å². The SMILES string of the molecule is Cc1sc(Br)cc1S(=O)(=O)Nc1ccc2[nH]ccc2c1. The third-order valence-electron chi connectivity index (χ3n) is 2.94. The molecule has 3 rings (SSSR count). The highest BCUT2D eigenvalue weighted by Crippen LogP contribution is 2.31. The van der Waals surface area contributed by atoms with Crippen molar-refractivity contribution in [1.82, 2.24) is 4.98 Å². The number of hydrogen-bond acceptors (Lipinski definition) is 3. The molecule has 0 fully saturated rings. The fourth-order valence-corrected chi connectivity index (χ4v) is 5.49. The zero-order valence-corrected chi connectivity index (χ0v) is 13.7. The van der Waals surface area contributed by atoms with Gasteiger partial charge in [0.15, 0.2) is 0 Å². The molecule has 0 unspecified atom stereocenters. The Morgan fingerprint density at radius 1 is 1.25 bits per heavy atom. The first-order valence-electron chi connectivity index (χ1n) is 5.81. The van der Waals surface area contributed by atoms with Gasteiger partial charge in [-0.2, -0.15) is 0 Å². The standard InChI is InChI=1S/C13H11BrN2O2S2/c1-8-12(7-13(14)19-8)20(17,18)16-10-2-3-11-9(6-10)4-5-15-11/h2-7,15-16H,1H3. The van der Waals surface area contributed by atoms with E-state index in [2.05, 4.69) is 25.6 Å². The van der Waals surface area contributed by atoms with Crippen molar-refractivity contribution < 1.29 is 8.42 Å². The number of benzene rings is 1. The van der Waals surface area contributed by atoms with Crippen LogP contribution in [0.1, 0.15) is 4.88 Å². The highest BCUT2D eigenvalue weighted by Gasteiger charge is 2.19. The van der Waals surface area contributed by atoms with E-state index in [9.17, 15) is 8.42 Å². The number of fused-ring (bicyclic) bond motifs is 1. The minimum Gasteiger partial charge on any atom is -0.361 e. The molecule has 2 aromatic heterocycles. The van der Waals surface area contributed by atoms with Gasteiger partial charge in [0.05, 0.1) is 3.79 Å². The van der Waals surface area contributed by atoms with Gasteiger partial charge >= 0.3 is 0 Å². The second-order valence-electron chi connectivity index (χ2n) is 4.36. The van der Waals surface area contributed by atoms with E-state index < -0.39 is 10.0 Å². The lowest BCUT2D eigenvalue weighted by atomic mass is 10.2. The Morgan fingerprint density at radius 2 is 2.05 bits per heavy atom. The van der Waals surface area contributed by atoms with Gasteiger partial charge in [0.1, 0.15) is 4.90 Å². The highest BCUT2D eigenvalue weighted by atomic mass is 79.9. The first-order chi connectivity index (χ1) is 9.45. The Morgan fingerprint density at radius 3 is 2.75 bits per heavy atom. The maximum absolute atomic E-state index is 12.4. The lowest BCUT2D eigenvalue weighted by Gasteiger charge is -2.07. The van der Waals surface area contributed by atoms with E-state index in [0.717, 1.165) is 19.6 Å². The fourth-order valence-electron chi connectivity index (χ4n) is 2.02. The summed E-state index contributed by atoms with van der Waals surface area (Å²) in [5.41, 5.74) is 1.53. The van der Waals surface area contributed by atoms with Gasteiger partial charge in [-0.05, 0) is 53.2 Å². The molecule has 0 amide bonds. The summed E-state index contributed by atoms with van der Waals surface area (Å²) in [5, 5.41) is 0.966. The van der Waals surface area contributed by atoms with Gasteiger partial charge in [-0.3, -0.25) is 4.72 Å². The van der Waals surface area contributed by atoms with Crippen LogP contribution in [-0.4, -0.2) is 13.4 Å². The van der Waals surface area contributed by atoms with E-state index in [-0.39, 0.29) is 0 Å². The number of H-pyrrole nitrogens is 1. The number of rotatable bonds is 3. The zero-order chi connectivity index (χ0) is 14.3. The monoisotopic (exact) mass is 370 g/mol. The van der Waals surface area contributed by atoms with Crippen molar-refractivity contribution in [1.29, 1.82) is 0 Å². The first kappa shape index (κ1) is 13.7.